The van der Waals surface area contributed by atoms with Crippen LogP contribution in [-0.2, 0) is 4.79 Å². The van der Waals surface area contributed by atoms with E-state index in [0.29, 0.717) is 28.5 Å². The fraction of sp³-hybridized carbons (Fsp3) is 0.222. The lowest BCUT2D eigenvalue weighted by molar-refractivity contribution is -0.122. The van der Waals surface area contributed by atoms with Gasteiger partial charge in [-0.3, -0.25) is 9.59 Å². The summed E-state index contributed by atoms with van der Waals surface area (Å²) in [4.78, 5) is 24.4. The second-order valence-corrected chi connectivity index (χ2v) is 7.40. The fourth-order valence-corrected chi connectivity index (χ4v) is 3.53. The lowest BCUT2D eigenvalue weighted by Gasteiger charge is -2.17. The largest absolute Gasteiger partial charge is 0.480 e. The van der Waals surface area contributed by atoms with Gasteiger partial charge in [0.25, 0.3) is 5.91 Å². The molecule has 1 amide bonds. The zero-order valence-electron chi connectivity index (χ0n) is 14.0. The molecular formula is C18H15Br2NO5. The summed E-state index contributed by atoms with van der Waals surface area (Å²) in [5.41, 5.74) is 0.705. The van der Waals surface area contributed by atoms with Crippen LogP contribution in [0.25, 0.3) is 0 Å². The maximum absolute atomic E-state index is 12.5. The Hall–Kier alpha value is -2.06. The number of ether oxygens (including phenoxy) is 3. The Labute approximate surface area is 167 Å². The van der Waals surface area contributed by atoms with Crippen LogP contribution in [0.3, 0.4) is 0 Å². The summed E-state index contributed by atoms with van der Waals surface area (Å²) in [5.74, 6) is 0.920. The van der Waals surface area contributed by atoms with Gasteiger partial charge in [-0.1, -0.05) is 15.9 Å². The van der Waals surface area contributed by atoms with Crippen LogP contribution in [0, 0.1) is 0 Å². The zero-order chi connectivity index (χ0) is 18.8. The zero-order valence-corrected chi connectivity index (χ0v) is 17.1. The Balaban J connectivity index is 1.78. The number of anilines is 1. The van der Waals surface area contributed by atoms with Crippen molar-refractivity contribution in [2.75, 3.05) is 12.1 Å². The highest BCUT2D eigenvalue weighted by molar-refractivity contribution is 9.11. The molecule has 0 radical (unpaired) electrons. The van der Waals surface area contributed by atoms with Crippen molar-refractivity contribution in [3.05, 3.63) is 44.8 Å². The average molecular weight is 485 g/mol. The van der Waals surface area contributed by atoms with Crippen molar-refractivity contribution in [1.82, 2.24) is 0 Å². The third kappa shape index (κ3) is 4.02. The number of Topliss-reactive ketones (excluding diaryl/α,β-unsaturated/α-hetero) is 1. The maximum Gasteiger partial charge on any atom is 0.265 e. The molecule has 3 rings (SSSR count). The second kappa shape index (κ2) is 7.67. The number of rotatable bonds is 5. The second-order valence-electron chi connectivity index (χ2n) is 5.63. The van der Waals surface area contributed by atoms with Crippen LogP contribution in [0.4, 0.5) is 5.69 Å². The highest BCUT2D eigenvalue weighted by Crippen LogP contribution is 2.37. The standard InChI is InChI=1S/C18H15Br2NO5/c1-9(22)12-6-16-17(25-8-24-16)7-14(12)21-18(23)10(2)26-15-4-3-11(19)5-13(15)20/h3-7,10H,8H2,1-2H3,(H,21,23)/t10-/m0/s1. The summed E-state index contributed by atoms with van der Waals surface area (Å²) in [6.45, 7) is 3.14. The van der Waals surface area contributed by atoms with Crippen LogP contribution in [0.15, 0.2) is 39.3 Å². The van der Waals surface area contributed by atoms with Gasteiger partial charge in [0.2, 0.25) is 6.79 Å². The molecular weight excluding hydrogens is 470 g/mol. The van der Waals surface area contributed by atoms with E-state index < -0.39 is 6.10 Å². The first-order valence-electron chi connectivity index (χ1n) is 7.72. The van der Waals surface area contributed by atoms with Crippen LogP contribution in [0.5, 0.6) is 17.2 Å². The van der Waals surface area contributed by atoms with Crippen LogP contribution in [0.1, 0.15) is 24.2 Å². The van der Waals surface area contributed by atoms with Crippen LogP contribution < -0.4 is 19.5 Å². The number of benzene rings is 2. The van der Waals surface area contributed by atoms with E-state index in [9.17, 15) is 9.59 Å². The van der Waals surface area contributed by atoms with Gasteiger partial charge in [-0.15, -0.1) is 0 Å². The van der Waals surface area contributed by atoms with Crippen LogP contribution in [-0.4, -0.2) is 24.6 Å². The van der Waals surface area contributed by atoms with Crippen molar-refractivity contribution in [3.63, 3.8) is 0 Å². The van der Waals surface area contributed by atoms with Crippen molar-refractivity contribution in [3.8, 4) is 17.2 Å². The number of halogens is 2. The molecule has 0 fully saturated rings. The van der Waals surface area contributed by atoms with E-state index in [1.807, 2.05) is 12.1 Å². The van der Waals surface area contributed by atoms with E-state index in [-0.39, 0.29) is 18.5 Å². The van der Waals surface area contributed by atoms with Gasteiger partial charge in [-0.05, 0) is 54.0 Å². The van der Waals surface area contributed by atoms with Gasteiger partial charge in [0.15, 0.2) is 23.4 Å². The number of ketones is 1. The van der Waals surface area contributed by atoms with Crippen LogP contribution in [0.2, 0.25) is 0 Å². The van der Waals surface area contributed by atoms with Crippen molar-refractivity contribution in [1.29, 1.82) is 0 Å². The molecule has 0 aromatic heterocycles. The molecule has 136 valence electrons. The Morgan fingerprint density at radius 3 is 2.50 bits per heavy atom. The fourth-order valence-electron chi connectivity index (χ4n) is 2.39. The minimum absolute atomic E-state index is 0.0845. The van der Waals surface area contributed by atoms with Gasteiger partial charge >= 0.3 is 0 Å². The van der Waals surface area contributed by atoms with Crippen molar-refractivity contribution in [2.45, 2.75) is 20.0 Å². The van der Waals surface area contributed by atoms with E-state index >= 15 is 0 Å². The molecule has 1 aliphatic heterocycles. The molecule has 0 saturated carbocycles. The highest BCUT2D eigenvalue weighted by Gasteiger charge is 2.23. The first-order chi connectivity index (χ1) is 12.3. The average Bonchev–Trinajstić information content (AvgIpc) is 3.03. The number of hydrogen-bond acceptors (Lipinski definition) is 5. The van der Waals surface area contributed by atoms with Gasteiger partial charge in [-0.2, -0.15) is 0 Å². The monoisotopic (exact) mass is 483 g/mol. The van der Waals surface area contributed by atoms with Gasteiger partial charge in [0.1, 0.15) is 5.75 Å². The SMILES string of the molecule is CC(=O)c1cc2c(cc1NC(=O)[C@H](C)Oc1ccc(Br)cc1Br)OCO2. The predicted octanol–water partition coefficient (Wildman–Crippen LogP) is 4.55. The molecule has 1 N–H and O–H groups in total. The Morgan fingerprint density at radius 2 is 1.85 bits per heavy atom. The molecule has 2 aromatic carbocycles. The summed E-state index contributed by atoms with van der Waals surface area (Å²) < 4.78 is 17.9. The molecule has 1 heterocycles. The molecule has 1 aliphatic rings. The van der Waals surface area contributed by atoms with E-state index in [0.717, 1.165) is 8.95 Å². The lowest BCUT2D eigenvalue weighted by atomic mass is 10.1. The maximum atomic E-state index is 12.5. The first-order valence-corrected chi connectivity index (χ1v) is 9.31. The molecule has 0 unspecified atom stereocenters. The molecule has 0 saturated heterocycles. The first kappa shape index (κ1) is 18.7. The Kier molecular flexibility index (Phi) is 5.52. The van der Waals surface area contributed by atoms with Gasteiger partial charge < -0.3 is 19.5 Å². The van der Waals surface area contributed by atoms with Crippen molar-refractivity contribution >= 4 is 49.2 Å². The van der Waals surface area contributed by atoms with Crippen LogP contribution >= 0.6 is 31.9 Å². The van der Waals surface area contributed by atoms with Crippen molar-refractivity contribution < 1.29 is 23.8 Å². The van der Waals surface area contributed by atoms with E-state index in [2.05, 4.69) is 37.2 Å². The summed E-state index contributed by atoms with van der Waals surface area (Å²) >= 11 is 6.76. The summed E-state index contributed by atoms with van der Waals surface area (Å²) in [5, 5.41) is 2.73. The topological polar surface area (TPSA) is 73.9 Å². The number of fused-ring (bicyclic) bond motifs is 1. The van der Waals surface area contributed by atoms with Gasteiger partial charge in [0.05, 0.1) is 10.2 Å². The summed E-state index contributed by atoms with van der Waals surface area (Å²) in [6.07, 6.45) is -0.780. The number of carbonyl (C=O) groups excluding carboxylic acids is 2. The third-order valence-corrected chi connectivity index (χ3v) is 4.83. The third-order valence-electron chi connectivity index (χ3n) is 3.72. The quantitative estimate of drug-likeness (QED) is 0.630. The number of hydrogen-bond donors (Lipinski definition) is 1. The van der Waals surface area contributed by atoms with Gasteiger partial charge in [0, 0.05) is 16.1 Å². The predicted molar refractivity (Wildman–Crippen MR) is 103 cm³/mol. The van der Waals surface area contributed by atoms with Crippen molar-refractivity contribution in [2.24, 2.45) is 0 Å². The Bertz CT molecular complexity index is 884. The minimum atomic E-state index is -0.780. The molecule has 0 aliphatic carbocycles. The number of nitrogens with one attached hydrogen (secondary N) is 1. The molecule has 8 heteroatoms. The molecule has 26 heavy (non-hydrogen) atoms. The van der Waals surface area contributed by atoms with Gasteiger partial charge in [-0.25, -0.2) is 0 Å². The number of carbonyl (C=O) groups is 2. The summed E-state index contributed by atoms with van der Waals surface area (Å²) in [7, 11) is 0. The number of amides is 1. The van der Waals surface area contributed by atoms with E-state index in [1.165, 1.54) is 6.92 Å². The molecule has 0 bridgehead atoms. The Morgan fingerprint density at radius 1 is 1.15 bits per heavy atom. The normalized spacial score (nSPS) is 13.2. The molecule has 1 atom stereocenters. The highest BCUT2D eigenvalue weighted by atomic mass is 79.9. The summed E-state index contributed by atoms with van der Waals surface area (Å²) in [6, 6.07) is 8.54. The smallest absolute Gasteiger partial charge is 0.265 e. The minimum Gasteiger partial charge on any atom is -0.480 e. The lowest BCUT2D eigenvalue weighted by Crippen LogP contribution is -2.30. The molecule has 0 spiro atoms. The molecule has 2 aromatic rings. The van der Waals surface area contributed by atoms with E-state index in [4.69, 9.17) is 14.2 Å². The molecule has 6 nitrogen and oxygen atoms in total. The van der Waals surface area contributed by atoms with E-state index in [1.54, 1.807) is 25.1 Å².